The van der Waals surface area contributed by atoms with Crippen molar-refractivity contribution in [2.45, 2.75) is 39.7 Å². The van der Waals surface area contributed by atoms with E-state index in [4.69, 9.17) is 4.74 Å². The van der Waals surface area contributed by atoms with Crippen molar-refractivity contribution in [3.05, 3.63) is 35.9 Å². The van der Waals surface area contributed by atoms with Crippen LogP contribution in [0.1, 0.15) is 38.7 Å². The number of rotatable bonds is 11. The zero-order valence-electron chi connectivity index (χ0n) is 16.7. The van der Waals surface area contributed by atoms with Gasteiger partial charge in [-0.05, 0) is 31.2 Å². The first-order valence-corrected chi connectivity index (χ1v) is 10.1. The Morgan fingerprint density at radius 2 is 2.11 bits per heavy atom. The third kappa shape index (κ3) is 8.43. The van der Waals surface area contributed by atoms with Crippen LogP contribution < -0.4 is 10.6 Å². The highest BCUT2D eigenvalue weighted by atomic mass is 16.5. The van der Waals surface area contributed by atoms with Crippen molar-refractivity contribution in [3.63, 3.8) is 0 Å². The fourth-order valence-corrected chi connectivity index (χ4v) is 3.01. The number of amides is 1. The van der Waals surface area contributed by atoms with Gasteiger partial charge >= 0.3 is 0 Å². The first-order chi connectivity index (χ1) is 13.2. The molecule has 1 saturated heterocycles. The second kappa shape index (κ2) is 12.3. The molecule has 0 spiro atoms. The van der Waals surface area contributed by atoms with Crippen LogP contribution in [0.4, 0.5) is 0 Å². The van der Waals surface area contributed by atoms with E-state index in [2.05, 4.69) is 41.6 Å². The quantitative estimate of drug-likeness (QED) is 0.355. The third-order valence-corrected chi connectivity index (χ3v) is 4.49. The number of carbonyl (C=O) groups is 1. The molecule has 1 aliphatic rings. The van der Waals surface area contributed by atoms with Crippen LogP contribution in [-0.4, -0.2) is 56.1 Å². The standard InChI is InChI=1S/C21H34N4O2/c1-3-22-21(23-12-8-14-25-13-7-11-20(25)26)24-15-18(2)16-27-17-19-9-5-4-6-10-19/h4-6,9-10,18H,3,7-8,11-17H2,1-2H3,(H2,22,23,24). The molecule has 0 aromatic heterocycles. The van der Waals surface area contributed by atoms with Gasteiger partial charge in [-0.15, -0.1) is 0 Å². The van der Waals surface area contributed by atoms with Gasteiger partial charge < -0.3 is 20.3 Å². The Balaban J connectivity index is 1.63. The molecule has 6 heteroatoms. The molecule has 1 atom stereocenters. The van der Waals surface area contributed by atoms with Gasteiger partial charge in [-0.2, -0.15) is 0 Å². The minimum atomic E-state index is 0.292. The average molecular weight is 375 g/mol. The smallest absolute Gasteiger partial charge is 0.222 e. The summed E-state index contributed by atoms with van der Waals surface area (Å²) in [6.45, 7) is 9.64. The summed E-state index contributed by atoms with van der Waals surface area (Å²) in [5, 5.41) is 6.63. The Morgan fingerprint density at radius 3 is 2.81 bits per heavy atom. The molecule has 1 amide bonds. The second-order valence-electron chi connectivity index (χ2n) is 7.09. The van der Waals surface area contributed by atoms with Crippen molar-refractivity contribution in [3.8, 4) is 0 Å². The molecular formula is C21H34N4O2. The summed E-state index contributed by atoms with van der Waals surface area (Å²) < 4.78 is 5.79. The van der Waals surface area contributed by atoms with E-state index < -0.39 is 0 Å². The number of aliphatic imine (C=N–C) groups is 1. The molecule has 27 heavy (non-hydrogen) atoms. The van der Waals surface area contributed by atoms with Crippen molar-refractivity contribution >= 4 is 11.9 Å². The SMILES string of the molecule is CCNC(=NCC(C)COCc1ccccc1)NCCCN1CCCC1=O. The van der Waals surface area contributed by atoms with Crippen LogP contribution in [0.3, 0.4) is 0 Å². The van der Waals surface area contributed by atoms with Crippen LogP contribution >= 0.6 is 0 Å². The molecule has 2 rings (SSSR count). The number of hydrogen-bond donors (Lipinski definition) is 2. The van der Waals surface area contributed by atoms with Gasteiger partial charge in [-0.1, -0.05) is 37.3 Å². The van der Waals surface area contributed by atoms with E-state index in [1.165, 1.54) is 5.56 Å². The number of ether oxygens (including phenoxy) is 1. The lowest BCUT2D eigenvalue weighted by atomic mass is 10.2. The number of benzene rings is 1. The highest BCUT2D eigenvalue weighted by Crippen LogP contribution is 2.09. The maximum Gasteiger partial charge on any atom is 0.222 e. The maximum atomic E-state index is 11.6. The molecule has 6 nitrogen and oxygen atoms in total. The van der Waals surface area contributed by atoms with Gasteiger partial charge in [0.05, 0.1) is 13.2 Å². The lowest BCUT2D eigenvalue weighted by Crippen LogP contribution is -2.39. The number of hydrogen-bond acceptors (Lipinski definition) is 3. The van der Waals surface area contributed by atoms with Crippen molar-refractivity contribution in [2.24, 2.45) is 10.9 Å². The van der Waals surface area contributed by atoms with Gasteiger partial charge in [0, 0.05) is 39.1 Å². The number of likely N-dealkylation sites (tertiary alicyclic amines) is 1. The summed E-state index contributed by atoms with van der Waals surface area (Å²) in [6.07, 6.45) is 2.65. The molecule has 150 valence electrons. The van der Waals surface area contributed by atoms with Crippen LogP contribution in [0, 0.1) is 5.92 Å². The van der Waals surface area contributed by atoms with Crippen molar-refractivity contribution < 1.29 is 9.53 Å². The van der Waals surface area contributed by atoms with E-state index in [1.54, 1.807) is 0 Å². The van der Waals surface area contributed by atoms with Gasteiger partial charge in [0.25, 0.3) is 0 Å². The van der Waals surface area contributed by atoms with Crippen LogP contribution in [-0.2, 0) is 16.1 Å². The highest BCUT2D eigenvalue weighted by Gasteiger charge is 2.18. The van der Waals surface area contributed by atoms with Gasteiger partial charge in [0.2, 0.25) is 5.91 Å². The van der Waals surface area contributed by atoms with Crippen LogP contribution in [0.5, 0.6) is 0 Å². The summed E-state index contributed by atoms with van der Waals surface area (Å²) in [7, 11) is 0. The summed E-state index contributed by atoms with van der Waals surface area (Å²) in [6, 6.07) is 10.2. The fourth-order valence-electron chi connectivity index (χ4n) is 3.01. The second-order valence-corrected chi connectivity index (χ2v) is 7.09. The van der Waals surface area contributed by atoms with E-state index in [1.807, 2.05) is 23.1 Å². The summed E-state index contributed by atoms with van der Waals surface area (Å²) in [4.78, 5) is 18.2. The van der Waals surface area contributed by atoms with Crippen molar-refractivity contribution in [1.29, 1.82) is 0 Å². The van der Waals surface area contributed by atoms with Gasteiger partial charge in [0.1, 0.15) is 0 Å². The molecule has 0 radical (unpaired) electrons. The number of carbonyl (C=O) groups excluding carboxylic acids is 1. The Morgan fingerprint density at radius 1 is 1.30 bits per heavy atom. The largest absolute Gasteiger partial charge is 0.376 e. The molecular weight excluding hydrogens is 340 g/mol. The topological polar surface area (TPSA) is 66.0 Å². The van der Waals surface area contributed by atoms with Crippen LogP contribution in [0.15, 0.2) is 35.3 Å². The zero-order chi connectivity index (χ0) is 19.3. The van der Waals surface area contributed by atoms with E-state index >= 15 is 0 Å². The summed E-state index contributed by atoms with van der Waals surface area (Å²) in [5.41, 5.74) is 1.19. The summed E-state index contributed by atoms with van der Waals surface area (Å²) >= 11 is 0. The number of nitrogens with zero attached hydrogens (tertiary/aromatic N) is 2. The molecule has 0 bridgehead atoms. The summed E-state index contributed by atoms with van der Waals surface area (Å²) in [5.74, 6) is 1.48. The number of nitrogens with one attached hydrogen (secondary N) is 2. The number of guanidine groups is 1. The zero-order valence-corrected chi connectivity index (χ0v) is 16.7. The van der Waals surface area contributed by atoms with Gasteiger partial charge in [-0.3, -0.25) is 9.79 Å². The molecule has 1 aliphatic heterocycles. The molecule has 1 fully saturated rings. The van der Waals surface area contributed by atoms with Crippen LogP contribution in [0.2, 0.25) is 0 Å². The van der Waals surface area contributed by atoms with E-state index in [0.29, 0.717) is 38.0 Å². The Bertz CT molecular complexity index is 577. The lowest BCUT2D eigenvalue weighted by molar-refractivity contribution is -0.127. The molecule has 1 aromatic carbocycles. The molecule has 1 aromatic rings. The average Bonchev–Trinajstić information content (AvgIpc) is 3.09. The maximum absolute atomic E-state index is 11.6. The molecule has 0 aliphatic carbocycles. The van der Waals surface area contributed by atoms with Crippen molar-refractivity contribution in [2.75, 3.05) is 39.3 Å². The van der Waals surface area contributed by atoms with E-state index in [9.17, 15) is 4.79 Å². The van der Waals surface area contributed by atoms with E-state index in [0.717, 1.165) is 45.0 Å². The van der Waals surface area contributed by atoms with Crippen molar-refractivity contribution in [1.82, 2.24) is 15.5 Å². The molecule has 2 N–H and O–H groups in total. The Kier molecular flexibility index (Phi) is 9.69. The minimum Gasteiger partial charge on any atom is -0.376 e. The van der Waals surface area contributed by atoms with Crippen LogP contribution in [0.25, 0.3) is 0 Å². The molecule has 1 heterocycles. The van der Waals surface area contributed by atoms with Gasteiger partial charge in [0.15, 0.2) is 5.96 Å². The Labute approximate surface area is 163 Å². The third-order valence-electron chi connectivity index (χ3n) is 4.49. The molecule has 1 unspecified atom stereocenters. The Hall–Kier alpha value is -2.08. The van der Waals surface area contributed by atoms with E-state index in [-0.39, 0.29) is 0 Å². The lowest BCUT2D eigenvalue weighted by Gasteiger charge is -2.17. The normalized spacial score (nSPS) is 15.9. The fraction of sp³-hybridized carbons (Fsp3) is 0.619. The predicted molar refractivity (Wildman–Crippen MR) is 110 cm³/mol. The monoisotopic (exact) mass is 374 g/mol. The first-order valence-electron chi connectivity index (χ1n) is 10.1. The molecule has 0 saturated carbocycles. The van der Waals surface area contributed by atoms with Gasteiger partial charge in [-0.25, -0.2) is 0 Å². The predicted octanol–water partition coefficient (Wildman–Crippen LogP) is 2.41. The highest BCUT2D eigenvalue weighted by molar-refractivity contribution is 5.79. The first kappa shape index (κ1) is 21.2. The minimum absolute atomic E-state index is 0.292.